The fraction of sp³-hybridized carbons (Fsp3) is 0.333. The number of anilines is 1. The van der Waals surface area contributed by atoms with Crippen LogP contribution in [-0.2, 0) is 6.54 Å². The van der Waals surface area contributed by atoms with Crippen molar-refractivity contribution >= 4 is 11.7 Å². The summed E-state index contributed by atoms with van der Waals surface area (Å²) in [5, 5.41) is 2.91. The molecule has 0 spiro atoms. The number of hydrogen-bond donors (Lipinski definition) is 1. The van der Waals surface area contributed by atoms with Gasteiger partial charge in [-0.2, -0.15) is 0 Å². The van der Waals surface area contributed by atoms with Crippen LogP contribution in [0.1, 0.15) is 28.9 Å². The molecule has 2 aliphatic rings. The van der Waals surface area contributed by atoms with Crippen LogP contribution in [0.3, 0.4) is 0 Å². The van der Waals surface area contributed by atoms with E-state index in [2.05, 4.69) is 15.2 Å². The van der Waals surface area contributed by atoms with Crippen LogP contribution in [0, 0.1) is 0 Å². The molecule has 1 amide bonds. The molecule has 1 saturated heterocycles. The van der Waals surface area contributed by atoms with Crippen molar-refractivity contribution in [3.8, 4) is 11.5 Å². The lowest BCUT2D eigenvalue weighted by atomic mass is 10.2. The number of ether oxygens (including phenoxy) is 2. The van der Waals surface area contributed by atoms with Crippen LogP contribution in [0.2, 0.25) is 0 Å². The maximum atomic E-state index is 12.4. The lowest BCUT2D eigenvalue weighted by Gasteiger charge is -2.16. The largest absolute Gasteiger partial charge is 0.454 e. The normalized spacial score (nSPS) is 15.6. The van der Waals surface area contributed by atoms with Crippen molar-refractivity contribution < 1.29 is 14.3 Å². The maximum absolute atomic E-state index is 12.4. The number of pyridine rings is 1. The molecule has 1 aromatic carbocycles. The topological polar surface area (TPSA) is 63.7 Å². The third kappa shape index (κ3) is 2.99. The lowest BCUT2D eigenvalue weighted by molar-refractivity contribution is 0.0946. The second-order valence-corrected chi connectivity index (χ2v) is 5.95. The molecule has 0 atom stereocenters. The highest BCUT2D eigenvalue weighted by atomic mass is 16.7. The number of carbonyl (C=O) groups is 1. The predicted molar refractivity (Wildman–Crippen MR) is 89.4 cm³/mol. The number of carbonyl (C=O) groups excluding carboxylic acids is 1. The highest BCUT2D eigenvalue weighted by molar-refractivity contribution is 5.92. The molecule has 0 saturated carbocycles. The quantitative estimate of drug-likeness (QED) is 0.935. The molecule has 0 aliphatic carbocycles. The fourth-order valence-electron chi connectivity index (χ4n) is 3.00. The summed E-state index contributed by atoms with van der Waals surface area (Å²) < 4.78 is 10.6. The van der Waals surface area contributed by atoms with Gasteiger partial charge in [0.2, 0.25) is 6.79 Å². The van der Waals surface area contributed by atoms with Gasteiger partial charge in [0.1, 0.15) is 11.5 Å². The zero-order chi connectivity index (χ0) is 16.4. The van der Waals surface area contributed by atoms with E-state index in [0.717, 1.165) is 36.0 Å². The first-order valence-corrected chi connectivity index (χ1v) is 8.18. The Bertz CT molecular complexity index is 757. The molecule has 124 valence electrons. The highest BCUT2D eigenvalue weighted by Crippen LogP contribution is 2.32. The number of nitrogens with one attached hydrogen (secondary N) is 1. The molecule has 2 aromatic rings. The van der Waals surface area contributed by atoms with Crippen molar-refractivity contribution in [2.45, 2.75) is 19.4 Å². The average Bonchev–Trinajstić information content (AvgIpc) is 3.30. The maximum Gasteiger partial charge on any atom is 0.270 e. The van der Waals surface area contributed by atoms with Crippen molar-refractivity contribution in [3.63, 3.8) is 0 Å². The lowest BCUT2D eigenvalue weighted by Crippen LogP contribution is -2.25. The van der Waals surface area contributed by atoms with Crippen molar-refractivity contribution in [1.29, 1.82) is 0 Å². The number of nitrogens with zero attached hydrogens (tertiary/aromatic N) is 2. The van der Waals surface area contributed by atoms with Gasteiger partial charge in [-0.25, -0.2) is 4.98 Å². The van der Waals surface area contributed by atoms with E-state index >= 15 is 0 Å². The summed E-state index contributed by atoms with van der Waals surface area (Å²) in [6.07, 6.45) is 2.37. The minimum atomic E-state index is -0.172. The Balaban J connectivity index is 1.41. The predicted octanol–water partition coefficient (Wildman–Crippen LogP) is 2.34. The first-order chi connectivity index (χ1) is 11.8. The van der Waals surface area contributed by atoms with Gasteiger partial charge in [0.05, 0.1) is 0 Å². The molecule has 6 nitrogen and oxygen atoms in total. The molecule has 0 radical (unpaired) electrons. The molecule has 1 N–H and O–H groups in total. The van der Waals surface area contributed by atoms with E-state index in [-0.39, 0.29) is 12.7 Å². The van der Waals surface area contributed by atoms with E-state index in [0.29, 0.717) is 12.2 Å². The van der Waals surface area contributed by atoms with Gasteiger partial charge in [-0.15, -0.1) is 0 Å². The summed E-state index contributed by atoms with van der Waals surface area (Å²) in [6.45, 7) is 2.69. The van der Waals surface area contributed by atoms with Gasteiger partial charge in [-0.1, -0.05) is 12.1 Å². The zero-order valence-electron chi connectivity index (χ0n) is 13.3. The van der Waals surface area contributed by atoms with Crippen LogP contribution in [0.15, 0.2) is 36.4 Å². The van der Waals surface area contributed by atoms with Crippen LogP contribution >= 0.6 is 0 Å². The minimum Gasteiger partial charge on any atom is -0.454 e. The van der Waals surface area contributed by atoms with Gasteiger partial charge in [0, 0.05) is 19.6 Å². The third-order valence-electron chi connectivity index (χ3n) is 4.29. The van der Waals surface area contributed by atoms with Gasteiger partial charge in [0.25, 0.3) is 5.91 Å². The molecule has 3 heterocycles. The Hall–Kier alpha value is -2.76. The molecule has 0 bridgehead atoms. The van der Waals surface area contributed by atoms with Gasteiger partial charge >= 0.3 is 0 Å². The standard InChI is InChI=1S/C18H19N3O3/c22-18(14-4-3-5-17(20-14)21-8-1-2-9-21)19-11-13-6-7-15-16(10-13)24-12-23-15/h3-7,10H,1-2,8-9,11-12H2,(H,19,22). The van der Waals surface area contributed by atoms with Crippen molar-refractivity contribution in [3.05, 3.63) is 47.7 Å². The molecule has 1 aromatic heterocycles. The van der Waals surface area contributed by atoms with E-state index < -0.39 is 0 Å². The molecule has 4 rings (SSSR count). The summed E-state index contributed by atoms with van der Waals surface area (Å²) in [4.78, 5) is 19.1. The highest BCUT2D eigenvalue weighted by Gasteiger charge is 2.16. The minimum absolute atomic E-state index is 0.172. The molecule has 0 unspecified atom stereocenters. The molecular weight excluding hydrogens is 306 g/mol. The Morgan fingerprint density at radius 3 is 2.83 bits per heavy atom. The summed E-state index contributed by atoms with van der Waals surface area (Å²) in [6, 6.07) is 11.2. The SMILES string of the molecule is O=C(NCc1ccc2c(c1)OCO2)c1cccc(N2CCCC2)n1. The zero-order valence-corrected chi connectivity index (χ0v) is 13.3. The van der Waals surface area contributed by atoms with Crippen molar-refractivity contribution in [2.24, 2.45) is 0 Å². The summed E-state index contributed by atoms with van der Waals surface area (Å²) >= 11 is 0. The summed E-state index contributed by atoms with van der Waals surface area (Å²) in [5.41, 5.74) is 1.41. The first kappa shape index (κ1) is 14.8. The number of hydrogen-bond acceptors (Lipinski definition) is 5. The number of fused-ring (bicyclic) bond motifs is 1. The van der Waals surface area contributed by atoms with Crippen molar-refractivity contribution in [2.75, 3.05) is 24.8 Å². The molecule has 1 fully saturated rings. The number of aromatic nitrogens is 1. The molecule has 24 heavy (non-hydrogen) atoms. The van der Waals surface area contributed by atoms with Crippen molar-refractivity contribution in [1.82, 2.24) is 10.3 Å². The molecule has 6 heteroatoms. The van der Waals surface area contributed by atoms with E-state index in [9.17, 15) is 4.79 Å². The van der Waals surface area contributed by atoms with Crippen LogP contribution in [-0.4, -0.2) is 30.8 Å². The van der Waals surface area contributed by atoms with Crippen LogP contribution in [0.25, 0.3) is 0 Å². The summed E-state index contributed by atoms with van der Waals surface area (Å²) in [5.74, 6) is 2.16. The van der Waals surface area contributed by atoms with Gasteiger partial charge in [-0.05, 0) is 42.7 Å². The number of amides is 1. The van der Waals surface area contributed by atoms with Gasteiger partial charge in [0.15, 0.2) is 11.5 Å². The van der Waals surface area contributed by atoms with Crippen LogP contribution < -0.4 is 19.7 Å². The van der Waals surface area contributed by atoms with Crippen LogP contribution in [0.4, 0.5) is 5.82 Å². The number of benzene rings is 1. The second-order valence-electron chi connectivity index (χ2n) is 5.95. The second kappa shape index (κ2) is 6.39. The Morgan fingerprint density at radius 2 is 1.96 bits per heavy atom. The molecule has 2 aliphatic heterocycles. The van der Waals surface area contributed by atoms with E-state index in [4.69, 9.17) is 9.47 Å². The van der Waals surface area contributed by atoms with E-state index in [1.165, 1.54) is 12.8 Å². The Labute approximate surface area is 140 Å². The van der Waals surface area contributed by atoms with Gasteiger partial charge < -0.3 is 19.7 Å². The van der Waals surface area contributed by atoms with E-state index in [1.807, 2.05) is 30.3 Å². The van der Waals surface area contributed by atoms with Crippen LogP contribution in [0.5, 0.6) is 11.5 Å². The Morgan fingerprint density at radius 1 is 1.12 bits per heavy atom. The Kier molecular flexibility index (Phi) is 3.94. The monoisotopic (exact) mass is 325 g/mol. The number of rotatable bonds is 4. The molecular formula is C18H19N3O3. The van der Waals surface area contributed by atoms with Gasteiger partial charge in [-0.3, -0.25) is 4.79 Å². The smallest absolute Gasteiger partial charge is 0.270 e. The summed E-state index contributed by atoms with van der Waals surface area (Å²) in [7, 11) is 0. The third-order valence-corrected chi connectivity index (χ3v) is 4.29. The first-order valence-electron chi connectivity index (χ1n) is 8.18. The van der Waals surface area contributed by atoms with E-state index in [1.54, 1.807) is 6.07 Å². The fourth-order valence-corrected chi connectivity index (χ4v) is 3.00. The average molecular weight is 325 g/mol.